The number of ether oxygens (including phenoxy) is 1. The van der Waals surface area contributed by atoms with E-state index in [2.05, 4.69) is 0 Å². The summed E-state index contributed by atoms with van der Waals surface area (Å²) in [5.41, 5.74) is 0.723. The fourth-order valence-electron chi connectivity index (χ4n) is 1.70. The minimum Gasteiger partial charge on any atom is -0.497 e. The van der Waals surface area contributed by atoms with Crippen LogP contribution in [-0.4, -0.2) is 18.2 Å². The Morgan fingerprint density at radius 3 is 2.53 bits per heavy atom. The first-order valence-corrected chi connectivity index (χ1v) is 6.67. The van der Waals surface area contributed by atoms with Crippen molar-refractivity contribution in [2.24, 2.45) is 0 Å². The lowest BCUT2D eigenvalue weighted by Gasteiger charge is -2.13. The predicted octanol–water partition coefficient (Wildman–Crippen LogP) is 3.61. The molecular formula is C15H14O3S. The third-order valence-electron chi connectivity index (χ3n) is 2.62. The molecule has 0 aliphatic heterocycles. The molecule has 0 saturated heterocycles. The molecule has 4 heteroatoms. The zero-order valence-corrected chi connectivity index (χ0v) is 11.3. The van der Waals surface area contributed by atoms with Gasteiger partial charge in [-0.05, 0) is 29.8 Å². The lowest BCUT2D eigenvalue weighted by molar-refractivity contribution is -0.136. The van der Waals surface area contributed by atoms with Gasteiger partial charge in [0.15, 0.2) is 0 Å². The summed E-state index contributed by atoms with van der Waals surface area (Å²) in [5.74, 6) is -0.195. The van der Waals surface area contributed by atoms with Crippen LogP contribution in [0.3, 0.4) is 0 Å². The Balaban J connectivity index is 2.27. The third-order valence-corrected chi connectivity index (χ3v) is 3.87. The molecule has 3 nitrogen and oxygen atoms in total. The van der Waals surface area contributed by atoms with Crippen molar-refractivity contribution in [1.29, 1.82) is 0 Å². The number of rotatable bonds is 5. The Labute approximate surface area is 116 Å². The molecule has 2 aromatic rings. The Morgan fingerprint density at radius 2 is 1.89 bits per heavy atom. The number of methoxy groups -OCH3 is 1. The molecular weight excluding hydrogens is 260 g/mol. The summed E-state index contributed by atoms with van der Waals surface area (Å²) < 4.78 is 5.13. The molecule has 1 atom stereocenters. The van der Waals surface area contributed by atoms with E-state index in [1.54, 1.807) is 31.4 Å². The molecule has 0 bridgehead atoms. The molecule has 1 N–H and O–H groups in total. The largest absolute Gasteiger partial charge is 0.497 e. The second kappa shape index (κ2) is 6.29. The maximum Gasteiger partial charge on any atom is 0.321 e. The molecule has 2 rings (SSSR count). The van der Waals surface area contributed by atoms with Crippen LogP contribution in [0.4, 0.5) is 0 Å². The van der Waals surface area contributed by atoms with Gasteiger partial charge in [0.25, 0.3) is 0 Å². The van der Waals surface area contributed by atoms with Crippen molar-refractivity contribution in [2.45, 2.75) is 10.1 Å². The van der Waals surface area contributed by atoms with E-state index >= 15 is 0 Å². The minimum absolute atomic E-state index is 0.641. The van der Waals surface area contributed by atoms with E-state index in [0.29, 0.717) is 5.75 Å². The van der Waals surface area contributed by atoms with Crippen LogP contribution in [0.1, 0.15) is 10.8 Å². The first kappa shape index (κ1) is 13.5. The van der Waals surface area contributed by atoms with Gasteiger partial charge in [0.05, 0.1) is 7.11 Å². The monoisotopic (exact) mass is 274 g/mol. The summed E-state index contributed by atoms with van der Waals surface area (Å²) in [5, 5.41) is 8.75. The molecule has 1 unspecified atom stereocenters. The first-order valence-electron chi connectivity index (χ1n) is 5.79. The molecule has 0 aliphatic carbocycles. The Hall–Kier alpha value is -1.94. The lowest BCUT2D eigenvalue weighted by atomic mass is 10.1. The van der Waals surface area contributed by atoms with Crippen LogP contribution < -0.4 is 4.74 Å². The highest BCUT2D eigenvalue weighted by Crippen LogP contribution is 2.36. The van der Waals surface area contributed by atoms with Crippen LogP contribution in [0.25, 0.3) is 0 Å². The summed E-state index contributed by atoms with van der Waals surface area (Å²) >= 11 is 1.31. The van der Waals surface area contributed by atoms with Crippen molar-refractivity contribution in [3.8, 4) is 5.75 Å². The summed E-state index contributed by atoms with van der Waals surface area (Å²) in [6.45, 7) is 0. The number of hydrogen-bond donors (Lipinski definition) is 1. The quantitative estimate of drug-likeness (QED) is 0.846. The van der Waals surface area contributed by atoms with E-state index in [1.165, 1.54) is 11.8 Å². The van der Waals surface area contributed by atoms with Gasteiger partial charge in [0, 0.05) is 4.90 Å². The van der Waals surface area contributed by atoms with Crippen molar-refractivity contribution in [1.82, 2.24) is 0 Å². The molecule has 0 heterocycles. The topological polar surface area (TPSA) is 46.5 Å². The average molecular weight is 274 g/mol. The summed E-state index contributed by atoms with van der Waals surface area (Å²) in [6.07, 6.45) is 0. The molecule has 19 heavy (non-hydrogen) atoms. The second-order valence-electron chi connectivity index (χ2n) is 3.93. The van der Waals surface area contributed by atoms with Gasteiger partial charge in [-0.15, -0.1) is 11.8 Å². The molecule has 2 aromatic carbocycles. The van der Waals surface area contributed by atoms with Crippen LogP contribution in [0.15, 0.2) is 59.5 Å². The highest BCUT2D eigenvalue weighted by atomic mass is 32.2. The Morgan fingerprint density at radius 1 is 1.16 bits per heavy atom. The number of aliphatic carboxylic acids is 1. The SMILES string of the molecule is COc1cccc(C(Sc2ccccc2)C(=O)O)c1. The van der Waals surface area contributed by atoms with Crippen LogP contribution in [-0.2, 0) is 4.79 Å². The Kier molecular flexibility index (Phi) is 4.47. The predicted molar refractivity (Wildman–Crippen MR) is 75.7 cm³/mol. The van der Waals surface area contributed by atoms with Gasteiger partial charge in [0.1, 0.15) is 11.0 Å². The summed E-state index contributed by atoms with van der Waals surface area (Å²) in [6, 6.07) is 16.7. The van der Waals surface area contributed by atoms with Crippen molar-refractivity contribution in [3.63, 3.8) is 0 Å². The Bertz CT molecular complexity index is 554. The van der Waals surface area contributed by atoms with Crippen LogP contribution in [0.2, 0.25) is 0 Å². The van der Waals surface area contributed by atoms with Gasteiger partial charge >= 0.3 is 5.97 Å². The number of thioether (sulfide) groups is 1. The van der Waals surface area contributed by atoms with Crippen LogP contribution in [0.5, 0.6) is 5.75 Å². The smallest absolute Gasteiger partial charge is 0.321 e. The average Bonchev–Trinajstić information content (AvgIpc) is 2.45. The van der Waals surface area contributed by atoms with Crippen molar-refractivity contribution in [2.75, 3.05) is 7.11 Å². The van der Waals surface area contributed by atoms with Gasteiger partial charge in [-0.25, -0.2) is 0 Å². The third kappa shape index (κ3) is 3.51. The molecule has 0 fully saturated rings. The van der Waals surface area contributed by atoms with E-state index in [9.17, 15) is 9.90 Å². The zero-order valence-electron chi connectivity index (χ0n) is 10.4. The minimum atomic E-state index is -0.859. The maximum atomic E-state index is 11.4. The highest BCUT2D eigenvalue weighted by Gasteiger charge is 2.21. The molecule has 0 radical (unpaired) electrons. The van der Waals surface area contributed by atoms with E-state index in [4.69, 9.17) is 4.74 Å². The van der Waals surface area contributed by atoms with Gasteiger partial charge in [0.2, 0.25) is 0 Å². The fourth-order valence-corrected chi connectivity index (χ4v) is 2.67. The highest BCUT2D eigenvalue weighted by molar-refractivity contribution is 8.00. The van der Waals surface area contributed by atoms with E-state index in [0.717, 1.165) is 10.5 Å². The normalized spacial score (nSPS) is 11.8. The summed E-state index contributed by atoms with van der Waals surface area (Å²) in [7, 11) is 1.57. The summed E-state index contributed by atoms with van der Waals surface area (Å²) in [4.78, 5) is 12.4. The fraction of sp³-hybridized carbons (Fsp3) is 0.133. The van der Waals surface area contributed by atoms with Crippen molar-refractivity contribution >= 4 is 17.7 Å². The second-order valence-corrected chi connectivity index (χ2v) is 5.10. The lowest BCUT2D eigenvalue weighted by Crippen LogP contribution is -2.08. The van der Waals surface area contributed by atoms with Gasteiger partial charge in [-0.2, -0.15) is 0 Å². The van der Waals surface area contributed by atoms with Gasteiger partial charge in [-0.1, -0.05) is 30.3 Å². The number of carboxylic acids is 1. The number of carboxylic acid groups (broad SMARTS) is 1. The zero-order chi connectivity index (χ0) is 13.7. The van der Waals surface area contributed by atoms with E-state index < -0.39 is 11.2 Å². The molecule has 0 aliphatic rings. The van der Waals surface area contributed by atoms with E-state index in [1.807, 2.05) is 30.3 Å². The molecule has 0 amide bonds. The molecule has 0 saturated carbocycles. The standard InChI is InChI=1S/C15H14O3S/c1-18-12-7-5-6-11(10-12)14(15(16)17)19-13-8-3-2-4-9-13/h2-10,14H,1H3,(H,16,17). The van der Waals surface area contributed by atoms with Crippen LogP contribution in [0, 0.1) is 0 Å². The van der Waals surface area contributed by atoms with Crippen LogP contribution >= 0.6 is 11.8 Å². The number of hydrogen-bond acceptors (Lipinski definition) is 3. The van der Waals surface area contributed by atoms with Crippen molar-refractivity contribution < 1.29 is 14.6 Å². The maximum absolute atomic E-state index is 11.4. The molecule has 0 spiro atoms. The number of benzene rings is 2. The first-order chi connectivity index (χ1) is 9.20. The van der Waals surface area contributed by atoms with E-state index in [-0.39, 0.29) is 0 Å². The molecule has 98 valence electrons. The molecule has 0 aromatic heterocycles. The van der Waals surface area contributed by atoms with Gasteiger partial charge < -0.3 is 9.84 Å². The van der Waals surface area contributed by atoms with Crippen molar-refractivity contribution in [3.05, 3.63) is 60.2 Å². The van der Waals surface area contributed by atoms with Gasteiger partial charge in [-0.3, -0.25) is 4.79 Å². The number of carbonyl (C=O) groups is 1.